The molecule has 3 aromatic heterocycles. The maximum atomic E-state index is 11.5. The summed E-state index contributed by atoms with van der Waals surface area (Å²) >= 11 is 0. The van der Waals surface area contributed by atoms with Gasteiger partial charge in [-0.05, 0) is 63.6 Å². The van der Waals surface area contributed by atoms with Gasteiger partial charge in [-0.25, -0.2) is 0 Å². The van der Waals surface area contributed by atoms with Crippen molar-refractivity contribution in [3.05, 3.63) is 59.7 Å². The number of hydrogen-bond acceptors (Lipinski definition) is 5. The van der Waals surface area contributed by atoms with E-state index in [1.165, 1.54) is 0 Å². The third-order valence-corrected chi connectivity index (χ3v) is 7.07. The van der Waals surface area contributed by atoms with Crippen molar-refractivity contribution in [3.63, 3.8) is 0 Å². The molecule has 0 atom stereocenters. The van der Waals surface area contributed by atoms with Gasteiger partial charge in [0, 0.05) is 54.3 Å². The fraction of sp³-hybridized carbons (Fsp3) is 0.393. The Morgan fingerprint density at radius 3 is 2.50 bits per heavy atom. The number of fused-ring (bicyclic) bond motifs is 1. The first-order chi connectivity index (χ1) is 16.4. The number of aryl methyl sites for hydroxylation is 2. The van der Waals surface area contributed by atoms with Gasteiger partial charge in [-0.15, -0.1) is 0 Å². The minimum atomic E-state index is -0.503. The average Bonchev–Trinajstić information content (AvgIpc) is 3.38. The van der Waals surface area contributed by atoms with Crippen molar-refractivity contribution in [2.75, 3.05) is 13.2 Å². The molecule has 0 N–H and O–H groups in total. The average molecular weight is 458 g/mol. The molecule has 0 spiro atoms. The number of rotatable bonds is 6. The summed E-state index contributed by atoms with van der Waals surface area (Å²) in [6.45, 7) is 10.4. The van der Waals surface area contributed by atoms with Gasteiger partial charge in [0.15, 0.2) is 0 Å². The lowest BCUT2D eigenvalue weighted by molar-refractivity contribution is -0.111. The van der Waals surface area contributed by atoms with E-state index in [1.54, 1.807) is 0 Å². The second-order valence-corrected chi connectivity index (χ2v) is 9.96. The maximum absolute atomic E-state index is 11.5. The van der Waals surface area contributed by atoms with Crippen molar-refractivity contribution in [1.29, 1.82) is 0 Å². The lowest BCUT2D eigenvalue weighted by Crippen LogP contribution is -2.20. The smallest absolute Gasteiger partial charge is 0.141 e. The lowest BCUT2D eigenvalue weighted by atomic mass is 9.85. The van der Waals surface area contributed by atoms with Gasteiger partial charge in [0.1, 0.15) is 12.0 Å². The standard InChI is InChI=1S/C28H31N3O3/c1-18-26(19(2)34-30-18)22-13-25-27(29-14-22)24(16-31(25)15-20-9-11-33-12-10-20)21-5-7-23(8-6-21)28(3,4)17-32/h5-8,13-14,16-17,20H,9-12,15H2,1-4H3. The van der Waals surface area contributed by atoms with Crippen LogP contribution in [-0.2, 0) is 21.5 Å². The summed E-state index contributed by atoms with van der Waals surface area (Å²) in [5.41, 5.74) is 7.68. The molecule has 5 rings (SSSR count). The van der Waals surface area contributed by atoms with Crippen LogP contribution >= 0.6 is 0 Å². The number of pyridine rings is 1. The number of ether oxygens (including phenoxy) is 1. The van der Waals surface area contributed by atoms with E-state index in [1.807, 2.05) is 46.0 Å². The SMILES string of the molecule is Cc1noc(C)c1-c1cnc2c(-c3ccc(C(C)(C)C=O)cc3)cn(CC3CCOCC3)c2c1. The van der Waals surface area contributed by atoms with Gasteiger partial charge in [-0.1, -0.05) is 29.4 Å². The first-order valence-electron chi connectivity index (χ1n) is 11.9. The molecule has 0 saturated carbocycles. The summed E-state index contributed by atoms with van der Waals surface area (Å²) in [4.78, 5) is 16.4. The maximum Gasteiger partial charge on any atom is 0.141 e. The fourth-order valence-corrected chi connectivity index (χ4v) is 4.91. The molecule has 0 amide bonds. The third kappa shape index (κ3) is 4.07. The van der Waals surface area contributed by atoms with E-state index >= 15 is 0 Å². The van der Waals surface area contributed by atoms with Gasteiger partial charge in [-0.3, -0.25) is 4.98 Å². The van der Waals surface area contributed by atoms with Gasteiger partial charge in [0.25, 0.3) is 0 Å². The Labute approximate surface area is 199 Å². The molecular formula is C28H31N3O3. The van der Waals surface area contributed by atoms with E-state index in [9.17, 15) is 4.79 Å². The molecular weight excluding hydrogens is 426 g/mol. The molecule has 4 aromatic rings. The Balaban J connectivity index is 1.61. The van der Waals surface area contributed by atoms with Gasteiger partial charge in [-0.2, -0.15) is 0 Å². The number of carbonyl (C=O) groups excluding carboxylic acids is 1. The highest BCUT2D eigenvalue weighted by Gasteiger charge is 2.22. The molecule has 0 aliphatic carbocycles. The van der Waals surface area contributed by atoms with Crippen molar-refractivity contribution in [2.24, 2.45) is 5.92 Å². The zero-order valence-corrected chi connectivity index (χ0v) is 20.3. The van der Waals surface area contributed by atoms with Crippen LogP contribution in [0, 0.1) is 19.8 Å². The molecule has 6 heteroatoms. The number of aldehydes is 1. The Bertz CT molecular complexity index is 1310. The minimum Gasteiger partial charge on any atom is -0.381 e. The molecule has 0 unspecified atom stereocenters. The Morgan fingerprint density at radius 1 is 1.12 bits per heavy atom. The molecule has 1 aliphatic heterocycles. The Kier molecular flexibility index (Phi) is 5.86. The van der Waals surface area contributed by atoms with Crippen molar-refractivity contribution < 1.29 is 14.1 Å². The second-order valence-electron chi connectivity index (χ2n) is 9.96. The molecule has 1 aliphatic rings. The van der Waals surface area contributed by atoms with Gasteiger partial charge in [0.2, 0.25) is 0 Å². The fourth-order valence-electron chi connectivity index (χ4n) is 4.91. The van der Waals surface area contributed by atoms with E-state index < -0.39 is 5.41 Å². The van der Waals surface area contributed by atoms with Crippen LogP contribution in [0.2, 0.25) is 0 Å². The molecule has 1 fully saturated rings. The predicted octanol–water partition coefficient (Wildman–Crippen LogP) is 5.88. The van der Waals surface area contributed by atoms with E-state index in [0.29, 0.717) is 5.92 Å². The summed E-state index contributed by atoms with van der Waals surface area (Å²) < 4.78 is 13.3. The first-order valence-corrected chi connectivity index (χ1v) is 11.9. The van der Waals surface area contributed by atoms with Crippen LogP contribution in [0.5, 0.6) is 0 Å². The third-order valence-electron chi connectivity index (χ3n) is 7.07. The Hall–Kier alpha value is -3.25. The van der Waals surface area contributed by atoms with Crippen LogP contribution in [0.15, 0.2) is 47.2 Å². The number of hydrogen-bond donors (Lipinski definition) is 0. The molecule has 1 saturated heterocycles. The number of carbonyl (C=O) groups is 1. The molecule has 4 heterocycles. The zero-order chi connectivity index (χ0) is 23.9. The normalized spacial score (nSPS) is 15.2. The van der Waals surface area contributed by atoms with Crippen LogP contribution in [0.3, 0.4) is 0 Å². The van der Waals surface area contributed by atoms with E-state index in [2.05, 4.69) is 34.1 Å². The first kappa shape index (κ1) is 22.5. The minimum absolute atomic E-state index is 0.503. The summed E-state index contributed by atoms with van der Waals surface area (Å²) in [6.07, 6.45) is 7.29. The van der Waals surface area contributed by atoms with Crippen LogP contribution in [0.25, 0.3) is 33.3 Å². The van der Waals surface area contributed by atoms with E-state index in [0.717, 1.165) is 89.2 Å². The van der Waals surface area contributed by atoms with Gasteiger partial charge in [0.05, 0.1) is 16.7 Å². The highest BCUT2D eigenvalue weighted by molar-refractivity contribution is 5.95. The summed E-state index contributed by atoms with van der Waals surface area (Å²) in [7, 11) is 0. The molecule has 0 bridgehead atoms. The van der Waals surface area contributed by atoms with E-state index in [4.69, 9.17) is 14.2 Å². The number of aromatic nitrogens is 3. The zero-order valence-electron chi connectivity index (χ0n) is 20.3. The molecule has 0 radical (unpaired) electrons. The summed E-state index contributed by atoms with van der Waals surface area (Å²) in [5.74, 6) is 1.38. The number of nitrogens with zero attached hydrogens (tertiary/aromatic N) is 3. The molecule has 1 aromatic carbocycles. The summed E-state index contributed by atoms with van der Waals surface area (Å²) in [6, 6.07) is 10.5. The van der Waals surface area contributed by atoms with Gasteiger partial charge >= 0.3 is 0 Å². The van der Waals surface area contributed by atoms with Crippen molar-refractivity contribution in [3.8, 4) is 22.3 Å². The van der Waals surface area contributed by atoms with Crippen LogP contribution < -0.4 is 0 Å². The molecule has 34 heavy (non-hydrogen) atoms. The van der Waals surface area contributed by atoms with Gasteiger partial charge < -0.3 is 18.6 Å². The number of benzene rings is 1. The van der Waals surface area contributed by atoms with Crippen molar-refractivity contribution in [2.45, 2.75) is 52.5 Å². The highest BCUT2D eigenvalue weighted by Crippen LogP contribution is 2.35. The lowest BCUT2D eigenvalue weighted by Gasteiger charge is -2.22. The second kappa shape index (κ2) is 8.84. The highest BCUT2D eigenvalue weighted by atomic mass is 16.5. The summed E-state index contributed by atoms with van der Waals surface area (Å²) in [5, 5.41) is 4.13. The van der Waals surface area contributed by atoms with Crippen LogP contribution in [0.4, 0.5) is 0 Å². The quantitative estimate of drug-likeness (QED) is 0.338. The largest absolute Gasteiger partial charge is 0.381 e. The van der Waals surface area contributed by atoms with Crippen molar-refractivity contribution >= 4 is 17.3 Å². The molecule has 176 valence electrons. The topological polar surface area (TPSA) is 70.2 Å². The molecule has 6 nitrogen and oxygen atoms in total. The van der Waals surface area contributed by atoms with Crippen molar-refractivity contribution in [1.82, 2.24) is 14.7 Å². The van der Waals surface area contributed by atoms with E-state index in [-0.39, 0.29) is 0 Å². The Morgan fingerprint density at radius 2 is 1.85 bits per heavy atom. The van der Waals surface area contributed by atoms with Crippen LogP contribution in [0.1, 0.15) is 43.7 Å². The predicted molar refractivity (Wildman–Crippen MR) is 133 cm³/mol. The monoisotopic (exact) mass is 457 g/mol. The van der Waals surface area contributed by atoms with Crippen LogP contribution in [-0.4, -0.2) is 34.2 Å².